The van der Waals surface area contributed by atoms with Gasteiger partial charge in [0.05, 0.1) is 24.2 Å². The number of hydroxylamine groups is 2. The predicted molar refractivity (Wildman–Crippen MR) is 79.9 cm³/mol. The Hall–Kier alpha value is -2.18. The van der Waals surface area contributed by atoms with Crippen molar-refractivity contribution < 1.29 is 9.63 Å². The number of carbonyl (C=O) groups is 1. The molecule has 2 aromatic rings. The second-order valence-corrected chi connectivity index (χ2v) is 5.61. The summed E-state index contributed by atoms with van der Waals surface area (Å²) in [6.45, 7) is 4.43. The molecule has 2 aliphatic rings. The number of aromatic nitrogens is 2. The van der Waals surface area contributed by atoms with Crippen molar-refractivity contribution in [1.29, 1.82) is 0 Å². The minimum atomic E-state index is -0.184. The Morgan fingerprint density at radius 1 is 1.27 bits per heavy atom. The second-order valence-electron chi connectivity index (χ2n) is 5.61. The van der Waals surface area contributed by atoms with Crippen LogP contribution in [-0.4, -0.2) is 44.8 Å². The normalized spacial score (nSPS) is 21.6. The number of hydrogen-bond donors (Lipinski definition) is 0. The first-order valence-electron chi connectivity index (χ1n) is 7.57. The average Bonchev–Trinajstić information content (AvgIpc) is 3.21. The molecular formula is C16H18N4O2. The Balaban J connectivity index is 1.57. The van der Waals surface area contributed by atoms with Gasteiger partial charge in [-0.1, -0.05) is 18.2 Å². The highest BCUT2D eigenvalue weighted by Crippen LogP contribution is 2.28. The van der Waals surface area contributed by atoms with Gasteiger partial charge in [0.25, 0.3) is 5.91 Å². The Morgan fingerprint density at radius 3 is 2.82 bits per heavy atom. The molecule has 6 heteroatoms. The molecule has 3 heterocycles. The van der Waals surface area contributed by atoms with E-state index in [1.807, 2.05) is 48.1 Å². The summed E-state index contributed by atoms with van der Waals surface area (Å²) in [4.78, 5) is 19.9. The van der Waals surface area contributed by atoms with Gasteiger partial charge in [0.15, 0.2) is 0 Å². The van der Waals surface area contributed by atoms with Gasteiger partial charge in [-0.15, -0.1) is 0 Å². The van der Waals surface area contributed by atoms with Crippen LogP contribution >= 0.6 is 0 Å². The summed E-state index contributed by atoms with van der Waals surface area (Å²) in [7, 11) is 0. The quantitative estimate of drug-likeness (QED) is 0.858. The van der Waals surface area contributed by atoms with Crippen LogP contribution < -0.4 is 0 Å². The van der Waals surface area contributed by atoms with E-state index in [0.29, 0.717) is 13.2 Å². The monoisotopic (exact) mass is 298 g/mol. The zero-order chi connectivity index (χ0) is 15.1. The van der Waals surface area contributed by atoms with Crippen molar-refractivity contribution in [1.82, 2.24) is 19.7 Å². The van der Waals surface area contributed by atoms with E-state index >= 15 is 0 Å². The highest BCUT2D eigenvalue weighted by atomic mass is 16.7. The summed E-state index contributed by atoms with van der Waals surface area (Å²) >= 11 is 0. The van der Waals surface area contributed by atoms with Crippen LogP contribution in [0.5, 0.6) is 0 Å². The summed E-state index contributed by atoms with van der Waals surface area (Å²) in [6.07, 6.45) is 1.90. The van der Waals surface area contributed by atoms with Gasteiger partial charge in [0, 0.05) is 25.2 Å². The SMILES string of the molecule is CCN1OCC(N2Cc3cnn(-c4ccccc4)c3C2)C1=O. The van der Waals surface area contributed by atoms with Crippen molar-refractivity contribution in [2.45, 2.75) is 26.1 Å². The lowest BCUT2D eigenvalue weighted by Gasteiger charge is -2.20. The van der Waals surface area contributed by atoms with E-state index in [-0.39, 0.29) is 11.9 Å². The number of benzene rings is 1. The Bertz CT molecular complexity index is 697. The Morgan fingerprint density at radius 2 is 2.09 bits per heavy atom. The van der Waals surface area contributed by atoms with Gasteiger partial charge in [0.1, 0.15) is 6.04 Å². The molecule has 1 fully saturated rings. The number of hydrogen-bond acceptors (Lipinski definition) is 4. The molecule has 114 valence electrons. The zero-order valence-corrected chi connectivity index (χ0v) is 12.5. The highest BCUT2D eigenvalue weighted by molar-refractivity contribution is 5.82. The standard InChI is InChI=1S/C16H18N4O2/c1-2-19-16(21)15(11-22-19)18-9-12-8-17-20(14(12)10-18)13-6-4-3-5-7-13/h3-8,15H,2,9-11H2,1H3. The van der Waals surface area contributed by atoms with Crippen LogP contribution in [-0.2, 0) is 22.7 Å². The second kappa shape index (κ2) is 5.23. The number of amides is 1. The molecule has 22 heavy (non-hydrogen) atoms. The molecule has 0 bridgehead atoms. The molecule has 0 spiro atoms. The summed E-state index contributed by atoms with van der Waals surface area (Å²) in [5, 5.41) is 5.94. The molecule has 2 aliphatic heterocycles. The number of fused-ring (bicyclic) bond motifs is 1. The minimum Gasteiger partial charge on any atom is -0.280 e. The van der Waals surface area contributed by atoms with Gasteiger partial charge in [-0.3, -0.25) is 14.5 Å². The van der Waals surface area contributed by atoms with Gasteiger partial charge >= 0.3 is 0 Å². The van der Waals surface area contributed by atoms with Gasteiger partial charge in [-0.2, -0.15) is 5.10 Å². The van der Waals surface area contributed by atoms with Crippen molar-refractivity contribution in [3.8, 4) is 5.69 Å². The lowest BCUT2D eigenvalue weighted by Crippen LogP contribution is -2.40. The lowest BCUT2D eigenvalue weighted by atomic mass is 10.2. The first kappa shape index (κ1) is 13.5. The van der Waals surface area contributed by atoms with E-state index in [9.17, 15) is 4.79 Å². The smallest absolute Gasteiger partial charge is 0.265 e. The largest absolute Gasteiger partial charge is 0.280 e. The van der Waals surface area contributed by atoms with E-state index in [4.69, 9.17) is 4.84 Å². The molecule has 0 radical (unpaired) electrons. The average molecular weight is 298 g/mol. The first-order chi connectivity index (χ1) is 10.8. The molecule has 1 unspecified atom stereocenters. The van der Waals surface area contributed by atoms with Crippen LogP contribution in [0.1, 0.15) is 18.2 Å². The molecule has 0 N–H and O–H groups in total. The fraction of sp³-hybridized carbons (Fsp3) is 0.375. The molecule has 1 aromatic heterocycles. The van der Waals surface area contributed by atoms with E-state index < -0.39 is 0 Å². The third kappa shape index (κ3) is 2.03. The Kier molecular flexibility index (Phi) is 3.20. The van der Waals surface area contributed by atoms with E-state index in [1.165, 1.54) is 10.6 Å². The predicted octanol–water partition coefficient (Wildman–Crippen LogP) is 1.35. The fourth-order valence-electron chi connectivity index (χ4n) is 3.16. The van der Waals surface area contributed by atoms with Gasteiger partial charge in [-0.05, 0) is 19.1 Å². The number of carbonyl (C=O) groups excluding carboxylic acids is 1. The number of rotatable bonds is 3. The lowest BCUT2D eigenvalue weighted by molar-refractivity contribution is -0.160. The van der Waals surface area contributed by atoms with Crippen molar-refractivity contribution in [3.05, 3.63) is 47.8 Å². The molecule has 1 saturated heterocycles. The zero-order valence-electron chi connectivity index (χ0n) is 12.5. The van der Waals surface area contributed by atoms with Crippen LogP contribution in [0.15, 0.2) is 36.5 Å². The topological polar surface area (TPSA) is 50.6 Å². The summed E-state index contributed by atoms with van der Waals surface area (Å²) < 4.78 is 1.97. The third-order valence-electron chi connectivity index (χ3n) is 4.33. The maximum atomic E-state index is 12.3. The van der Waals surface area contributed by atoms with Crippen LogP contribution in [0.4, 0.5) is 0 Å². The summed E-state index contributed by atoms with van der Waals surface area (Å²) in [5.41, 5.74) is 3.40. The van der Waals surface area contributed by atoms with Crippen molar-refractivity contribution in [2.75, 3.05) is 13.2 Å². The molecular weight excluding hydrogens is 280 g/mol. The summed E-state index contributed by atoms with van der Waals surface area (Å²) in [5.74, 6) is 0.0619. The van der Waals surface area contributed by atoms with Crippen LogP contribution in [0.2, 0.25) is 0 Å². The molecule has 0 aliphatic carbocycles. The first-order valence-corrected chi connectivity index (χ1v) is 7.57. The van der Waals surface area contributed by atoms with Gasteiger partial charge in [0.2, 0.25) is 0 Å². The maximum Gasteiger partial charge on any atom is 0.265 e. The maximum absolute atomic E-state index is 12.3. The molecule has 1 aromatic carbocycles. The minimum absolute atomic E-state index is 0.0619. The van der Waals surface area contributed by atoms with Crippen LogP contribution in [0.3, 0.4) is 0 Å². The van der Waals surface area contributed by atoms with Crippen LogP contribution in [0.25, 0.3) is 5.69 Å². The summed E-state index contributed by atoms with van der Waals surface area (Å²) in [6, 6.07) is 9.90. The molecule has 1 atom stereocenters. The Labute approximate surface area is 128 Å². The number of para-hydroxylation sites is 1. The van der Waals surface area contributed by atoms with Crippen LogP contribution in [0, 0.1) is 0 Å². The molecule has 6 nitrogen and oxygen atoms in total. The van der Waals surface area contributed by atoms with Crippen molar-refractivity contribution in [2.24, 2.45) is 0 Å². The van der Waals surface area contributed by atoms with Crippen molar-refractivity contribution >= 4 is 5.91 Å². The number of nitrogens with zero attached hydrogens (tertiary/aromatic N) is 4. The van der Waals surface area contributed by atoms with Gasteiger partial charge < -0.3 is 0 Å². The molecule has 4 rings (SSSR count). The van der Waals surface area contributed by atoms with E-state index in [1.54, 1.807) is 0 Å². The number of likely N-dealkylation sites (N-methyl/N-ethyl adjacent to an activating group) is 1. The molecule has 0 saturated carbocycles. The third-order valence-corrected chi connectivity index (χ3v) is 4.33. The van der Waals surface area contributed by atoms with Gasteiger partial charge in [-0.25, -0.2) is 9.75 Å². The highest BCUT2D eigenvalue weighted by Gasteiger charge is 2.40. The van der Waals surface area contributed by atoms with E-state index in [0.717, 1.165) is 24.5 Å². The van der Waals surface area contributed by atoms with Crippen molar-refractivity contribution in [3.63, 3.8) is 0 Å². The van der Waals surface area contributed by atoms with E-state index in [2.05, 4.69) is 10.00 Å². The molecule has 1 amide bonds. The fourth-order valence-corrected chi connectivity index (χ4v) is 3.16.